The predicted molar refractivity (Wildman–Crippen MR) is 80.4 cm³/mol. The van der Waals surface area contributed by atoms with Crippen molar-refractivity contribution in [1.29, 1.82) is 0 Å². The summed E-state index contributed by atoms with van der Waals surface area (Å²) in [6, 6.07) is 0. The van der Waals surface area contributed by atoms with Gasteiger partial charge in [-0.15, -0.1) is 39.5 Å². The van der Waals surface area contributed by atoms with Gasteiger partial charge in [0.05, 0.1) is 52.9 Å². The first kappa shape index (κ1) is 26.6. The van der Waals surface area contributed by atoms with Gasteiger partial charge in [0, 0.05) is 0 Å². The molecule has 0 aliphatic heterocycles. The fraction of sp³-hybridized carbons (Fsp3) is 0.571. The molecule has 0 amide bonds. The fourth-order valence-electron chi connectivity index (χ4n) is 0.671. The Hall–Kier alpha value is -0.980. The molecule has 2 N–H and O–H groups in total. The van der Waals surface area contributed by atoms with E-state index >= 15 is 0 Å². The minimum atomic E-state index is 0.0413. The summed E-state index contributed by atoms with van der Waals surface area (Å²) in [5.41, 5.74) is 0. The first-order valence-electron chi connectivity index (χ1n) is 5.86. The van der Waals surface area contributed by atoms with Gasteiger partial charge in [-0.3, -0.25) is 0 Å². The van der Waals surface area contributed by atoms with Crippen molar-refractivity contribution in [1.82, 2.24) is 0 Å². The van der Waals surface area contributed by atoms with Gasteiger partial charge in [0.1, 0.15) is 0 Å². The van der Waals surface area contributed by atoms with Crippen molar-refractivity contribution in [3.05, 3.63) is 39.5 Å². The van der Waals surface area contributed by atoms with Crippen molar-refractivity contribution in [3.63, 3.8) is 0 Å². The normalized spacial score (nSPS) is 7.89. The van der Waals surface area contributed by atoms with E-state index in [2.05, 4.69) is 39.5 Å². The summed E-state index contributed by atoms with van der Waals surface area (Å²) < 4.78 is 15.0. The highest BCUT2D eigenvalue weighted by molar-refractivity contribution is 4.33. The summed E-state index contributed by atoms with van der Waals surface area (Å²) in [6.07, 6.45) is 0. The van der Waals surface area contributed by atoms with Crippen LogP contribution in [0.1, 0.15) is 0 Å². The quantitative estimate of drug-likeness (QED) is 0.467. The number of hydrogen-bond acceptors (Lipinski definition) is 5. The lowest BCUT2D eigenvalue weighted by Gasteiger charge is -2.04. The van der Waals surface area contributed by atoms with Crippen LogP contribution in [0.3, 0.4) is 0 Å². The van der Waals surface area contributed by atoms with Crippen LogP contribution in [0.5, 0.6) is 0 Å². The van der Waals surface area contributed by atoms with Gasteiger partial charge in [-0.1, -0.05) is 0 Å². The van der Waals surface area contributed by atoms with E-state index in [1.54, 1.807) is 0 Å². The second kappa shape index (κ2) is 43.5. The lowest BCUT2D eigenvalue weighted by Crippen LogP contribution is -2.11. The summed E-state index contributed by atoms with van der Waals surface area (Å²) >= 11 is 0. The minimum Gasteiger partial charge on any atom is -0.394 e. The van der Waals surface area contributed by atoms with Gasteiger partial charge in [0.15, 0.2) is 0 Å². The van der Waals surface area contributed by atoms with Crippen LogP contribution in [0.15, 0.2) is 39.5 Å². The first-order chi connectivity index (χ1) is 9.41. The molecule has 0 saturated heterocycles. The highest BCUT2D eigenvalue weighted by Gasteiger charge is 1.89. The van der Waals surface area contributed by atoms with E-state index in [1.807, 2.05) is 0 Å². The molecule has 5 heteroatoms. The van der Waals surface area contributed by atoms with Gasteiger partial charge in [-0.05, 0) is 0 Å². The third-order valence-electron chi connectivity index (χ3n) is 1.22. The Bertz CT molecular complexity index is 108. The molecule has 19 heavy (non-hydrogen) atoms. The molecule has 0 unspecified atom stereocenters. The lowest BCUT2D eigenvalue weighted by atomic mass is 10.7. The SMILES string of the molecule is C=C.C=C.C=C.OCCOCCOCCOCCO. The summed E-state index contributed by atoms with van der Waals surface area (Å²) in [7, 11) is 0. The van der Waals surface area contributed by atoms with Crippen LogP contribution in [-0.2, 0) is 14.2 Å². The van der Waals surface area contributed by atoms with Crippen LogP contribution in [0, 0.1) is 0 Å². The van der Waals surface area contributed by atoms with E-state index in [0.717, 1.165) is 0 Å². The molecule has 0 aliphatic carbocycles. The van der Waals surface area contributed by atoms with Gasteiger partial charge in [0.25, 0.3) is 0 Å². The molecule has 0 atom stereocenters. The minimum absolute atomic E-state index is 0.0413. The number of ether oxygens (including phenoxy) is 3. The molecule has 5 nitrogen and oxygen atoms in total. The third-order valence-corrected chi connectivity index (χ3v) is 1.22. The highest BCUT2D eigenvalue weighted by atomic mass is 16.5. The number of rotatable bonds is 10. The number of aliphatic hydroxyl groups is 2. The van der Waals surface area contributed by atoms with Gasteiger partial charge in [0.2, 0.25) is 0 Å². The zero-order valence-corrected chi connectivity index (χ0v) is 12.0. The Morgan fingerprint density at radius 2 is 0.684 bits per heavy atom. The monoisotopic (exact) mass is 278 g/mol. The third kappa shape index (κ3) is 47.2. The van der Waals surface area contributed by atoms with Gasteiger partial charge in [-0.2, -0.15) is 0 Å². The van der Waals surface area contributed by atoms with Crippen molar-refractivity contribution in [3.8, 4) is 0 Å². The molecule has 0 bridgehead atoms. The van der Waals surface area contributed by atoms with Crippen LogP contribution >= 0.6 is 0 Å². The van der Waals surface area contributed by atoms with Gasteiger partial charge < -0.3 is 24.4 Å². The largest absolute Gasteiger partial charge is 0.394 e. The van der Waals surface area contributed by atoms with Crippen molar-refractivity contribution in [2.24, 2.45) is 0 Å². The molecule has 0 fully saturated rings. The molecule has 0 radical (unpaired) electrons. The van der Waals surface area contributed by atoms with Gasteiger partial charge >= 0.3 is 0 Å². The zero-order valence-electron chi connectivity index (χ0n) is 12.0. The highest BCUT2D eigenvalue weighted by Crippen LogP contribution is 1.80. The molecular formula is C14H30O5. The Kier molecular flexibility index (Phi) is 60.8. The van der Waals surface area contributed by atoms with Crippen LogP contribution in [0.2, 0.25) is 0 Å². The Morgan fingerprint density at radius 1 is 0.474 bits per heavy atom. The van der Waals surface area contributed by atoms with E-state index in [4.69, 9.17) is 24.4 Å². The molecule has 0 saturated carbocycles. The number of hydrogen-bond donors (Lipinski definition) is 2. The Labute approximate surface area is 117 Å². The molecule has 0 aromatic carbocycles. The maximum atomic E-state index is 8.36. The summed E-state index contributed by atoms with van der Waals surface area (Å²) in [6.45, 7) is 20.8. The molecular weight excluding hydrogens is 248 g/mol. The van der Waals surface area contributed by atoms with E-state index in [1.165, 1.54) is 0 Å². The van der Waals surface area contributed by atoms with Crippen LogP contribution in [0.4, 0.5) is 0 Å². The molecule has 0 spiro atoms. The summed E-state index contributed by atoms with van der Waals surface area (Å²) in [5.74, 6) is 0. The Balaban J connectivity index is -0.000000163. The standard InChI is InChI=1S/C8H18O5.3C2H4/c9-1-3-11-5-7-13-8-6-12-4-2-10;3*1-2/h9-10H,1-8H2;3*1-2H2. The summed E-state index contributed by atoms with van der Waals surface area (Å²) in [4.78, 5) is 0. The van der Waals surface area contributed by atoms with Crippen LogP contribution < -0.4 is 0 Å². The number of aliphatic hydroxyl groups excluding tert-OH is 2. The van der Waals surface area contributed by atoms with E-state index < -0.39 is 0 Å². The first-order valence-corrected chi connectivity index (χ1v) is 5.86. The second-order valence-corrected chi connectivity index (χ2v) is 2.28. The zero-order chi connectivity index (χ0) is 15.8. The van der Waals surface area contributed by atoms with Crippen LogP contribution in [-0.4, -0.2) is 63.1 Å². The molecule has 0 heterocycles. The van der Waals surface area contributed by atoms with Crippen molar-refractivity contribution in [2.75, 3.05) is 52.9 Å². The van der Waals surface area contributed by atoms with Crippen molar-refractivity contribution in [2.45, 2.75) is 0 Å². The summed E-state index contributed by atoms with van der Waals surface area (Å²) in [5, 5.41) is 16.7. The molecule has 0 aliphatic rings. The second-order valence-electron chi connectivity index (χ2n) is 2.28. The maximum absolute atomic E-state index is 8.36. The lowest BCUT2D eigenvalue weighted by molar-refractivity contribution is 0.00230. The van der Waals surface area contributed by atoms with Crippen molar-refractivity contribution < 1.29 is 24.4 Å². The van der Waals surface area contributed by atoms with E-state index in [0.29, 0.717) is 39.6 Å². The average Bonchev–Trinajstić information content (AvgIpc) is 2.52. The van der Waals surface area contributed by atoms with Gasteiger partial charge in [-0.25, -0.2) is 0 Å². The smallest absolute Gasteiger partial charge is 0.0701 e. The topological polar surface area (TPSA) is 68.2 Å². The Morgan fingerprint density at radius 3 is 0.895 bits per heavy atom. The van der Waals surface area contributed by atoms with Crippen LogP contribution in [0.25, 0.3) is 0 Å². The molecule has 116 valence electrons. The van der Waals surface area contributed by atoms with E-state index in [-0.39, 0.29) is 13.2 Å². The molecule has 0 aromatic heterocycles. The van der Waals surface area contributed by atoms with E-state index in [9.17, 15) is 0 Å². The average molecular weight is 278 g/mol. The predicted octanol–water partition coefficient (Wildman–Crippen LogP) is 1.43. The molecule has 0 rings (SSSR count). The van der Waals surface area contributed by atoms with Crippen molar-refractivity contribution >= 4 is 0 Å². The molecule has 0 aromatic rings. The fourth-order valence-corrected chi connectivity index (χ4v) is 0.671. The maximum Gasteiger partial charge on any atom is 0.0701 e.